The van der Waals surface area contributed by atoms with Gasteiger partial charge in [0.25, 0.3) is 0 Å². The van der Waals surface area contributed by atoms with E-state index in [0.29, 0.717) is 6.04 Å². The maximum Gasteiger partial charge on any atom is 0.114 e. The minimum atomic E-state index is 0.189. The summed E-state index contributed by atoms with van der Waals surface area (Å²) in [5.41, 5.74) is 2.37. The van der Waals surface area contributed by atoms with Crippen LogP contribution in [0.3, 0.4) is 0 Å². The number of hydrogen-bond donors (Lipinski definition) is 1. The molecular formula is C12H15BrN2S2. The molecule has 2 heterocycles. The van der Waals surface area contributed by atoms with Gasteiger partial charge in [-0.15, -0.1) is 11.3 Å². The average molecular weight is 331 g/mol. The molecule has 2 aromatic heterocycles. The van der Waals surface area contributed by atoms with Gasteiger partial charge in [0.1, 0.15) is 5.01 Å². The van der Waals surface area contributed by atoms with Gasteiger partial charge in [-0.1, -0.05) is 0 Å². The molecule has 17 heavy (non-hydrogen) atoms. The van der Waals surface area contributed by atoms with E-state index in [1.54, 1.807) is 22.7 Å². The molecule has 0 fully saturated rings. The van der Waals surface area contributed by atoms with E-state index in [1.165, 1.54) is 5.56 Å². The number of halogens is 1. The fraction of sp³-hybridized carbons (Fsp3) is 0.417. The topological polar surface area (TPSA) is 24.9 Å². The zero-order valence-corrected chi connectivity index (χ0v) is 13.2. The highest BCUT2D eigenvalue weighted by Gasteiger charge is 2.21. The third-order valence-electron chi connectivity index (χ3n) is 2.34. The van der Waals surface area contributed by atoms with Crippen molar-refractivity contribution in [1.82, 2.24) is 10.3 Å². The van der Waals surface area contributed by atoms with Crippen LogP contribution >= 0.6 is 38.6 Å². The van der Waals surface area contributed by atoms with Crippen LogP contribution in [0.5, 0.6) is 0 Å². The molecular weight excluding hydrogens is 316 g/mol. The fourth-order valence-electron chi connectivity index (χ4n) is 1.63. The molecule has 0 bridgehead atoms. The van der Waals surface area contributed by atoms with E-state index >= 15 is 0 Å². The van der Waals surface area contributed by atoms with Crippen LogP contribution in [0.15, 0.2) is 20.6 Å². The van der Waals surface area contributed by atoms with Gasteiger partial charge in [0.05, 0.1) is 6.04 Å². The van der Waals surface area contributed by atoms with Gasteiger partial charge in [-0.2, -0.15) is 11.3 Å². The van der Waals surface area contributed by atoms with Crippen molar-refractivity contribution in [3.05, 3.63) is 36.9 Å². The summed E-state index contributed by atoms with van der Waals surface area (Å²) in [5.74, 6) is 0. The number of aryl methyl sites for hydroxylation is 1. The van der Waals surface area contributed by atoms with Crippen molar-refractivity contribution in [2.45, 2.75) is 32.9 Å². The first-order valence-electron chi connectivity index (χ1n) is 5.47. The first-order valence-corrected chi connectivity index (χ1v) is 8.09. The van der Waals surface area contributed by atoms with Crippen LogP contribution in [0, 0.1) is 6.92 Å². The molecule has 92 valence electrons. The molecule has 0 radical (unpaired) electrons. The molecule has 0 amide bonds. The maximum atomic E-state index is 4.60. The average Bonchev–Trinajstić information content (AvgIpc) is 2.84. The second-order valence-corrected chi connectivity index (χ2v) is 6.74. The number of thiazole rings is 1. The Morgan fingerprint density at radius 2 is 2.06 bits per heavy atom. The van der Waals surface area contributed by atoms with E-state index in [0.717, 1.165) is 15.2 Å². The van der Waals surface area contributed by atoms with Crippen LogP contribution in [0.4, 0.5) is 0 Å². The van der Waals surface area contributed by atoms with Crippen molar-refractivity contribution in [2.24, 2.45) is 0 Å². The lowest BCUT2D eigenvalue weighted by Crippen LogP contribution is -2.28. The first-order chi connectivity index (χ1) is 8.08. The minimum absolute atomic E-state index is 0.189. The third kappa shape index (κ3) is 3.16. The molecule has 1 N–H and O–H groups in total. The summed E-state index contributed by atoms with van der Waals surface area (Å²) >= 11 is 7.04. The third-order valence-corrected chi connectivity index (χ3v) is 5.12. The zero-order valence-electron chi connectivity index (χ0n) is 10.0. The Morgan fingerprint density at radius 3 is 2.53 bits per heavy atom. The molecule has 0 saturated carbocycles. The molecule has 0 aliphatic carbocycles. The van der Waals surface area contributed by atoms with Crippen LogP contribution in [0.25, 0.3) is 0 Å². The van der Waals surface area contributed by atoms with E-state index in [9.17, 15) is 0 Å². The predicted molar refractivity (Wildman–Crippen MR) is 79.0 cm³/mol. The lowest BCUT2D eigenvalue weighted by molar-refractivity contribution is 0.526. The van der Waals surface area contributed by atoms with Crippen molar-refractivity contribution in [1.29, 1.82) is 0 Å². The van der Waals surface area contributed by atoms with Crippen molar-refractivity contribution >= 4 is 38.6 Å². The number of nitrogens with zero attached hydrogens (tertiary/aromatic N) is 1. The molecule has 0 aliphatic heterocycles. The van der Waals surface area contributed by atoms with Crippen molar-refractivity contribution in [3.63, 3.8) is 0 Å². The molecule has 0 spiro atoms. The van der Waals surface area contributed by atoms with Crippen LogP contribution in [0.2, 0.25) is 0 Å². The molecule has 5 heteroatoms. The van der Waals surface area contributed by atoms with Crippen LogP contribution in [-0.2, 0) is 0 Å². The Bertz CT molecular complexity index is 490. The quantitative estimate of drug-likeness (QED) is 0.900. The Hall–Kier alpha value is -0.230. The first kappa shape index (κ1) is 13.2. The lowest BCUT2D eigenvalue weighted by atomic mass is 10.1. The number of aromatic nitrogens is 1. The van der Waals surface area contributed by atoms with Gasteiger partial charge in [0.15, 0.2) is 0 Å². The summed E-state index contributed by atoms with van der Waals surface area (Å²) < 4.78 is 1.16. The maximum absolute atomic E-state index is 4.60. The highest BCUT2D eigenvalue weighted by Crippen LogP contribution is 2.33. The number of thiophene rings is 1. The Labute approximate surface area is 118 Å². The summed E-state index contributed by atoms with van der Waals surface area (Å²) in [6.07, 6.45) is 0. The SMILES string of the molecule is Cc1csc(C(NC(C)C)c2cscc2Br)n1. The van der Waals surface area contributed by atoms with Gasteiger partial charge in [0.2, 0.25) is 0 Å². The monoisotopic (exact) mass is 330 g/mol. The van der Waals surface area contributed by atoms with E-state index < -0.39 is 0 Å². The Balaban J connectivity index is 2.35. The van der Waals surface area contributed by atoms with Crippen LogP contribution in [0.1, 0.15) is 36.2 Å². The van der Waals surface area contributed by atoms with Crippen molar-refractivity contribution < 1.29 is 0 Å². The standard InChI is InChI=1S/C12H15BrN2S2/c1-7(2)14-11(9-5-16-6-10(9)13)12-15-8(3)4-17-12/h4-7,11,14H,1-3H3. The molecule has 1 unspecified atom stereocenters. The van der Waals surface area contributed by atoms with Gasteiger partial charge in [-0.25, -0.2) is 4.98 Å². The molecule has 0 saturated heterocycles. The summed E-state index contributed by atoms with van der Waals surface area (Å²) in [6.45, 7) is 6.36. The summed E-state index contributed by atoms with van der Waals surface area (Å²) in [6, 6.07) is 0.616. The van der Waals surface area contributed by atoms with E-state index in [-0.39, 0.29) is 6.04 Å². The zero-order chi connectivity index (χ0) is 12.4. The summed E-state index contributed by atoms with van der Waals surface area (Å²) in [7, 11) is 0. The van der Waals surface area contributed by atoms with Gasteiger partial charge < -0.3 is 5.32 Å². The second kappa shape index (κ2) is 5.61. The predicted octanol–water partition coefficient (Wildman–Crippen LogP) is 4.36. The highest BCUT2D eigenvalue weighted by atomic mass is 79.9. The number of nitrogens with one attached hydrogen (secondary N) is 1. The smallest absolute Gasteiger partial charge is 0.114 e. The van der Waals surface area contributed by atoms with Crippen LogP contribution in [-0.4, -0.2) is 11.0 Å². The Morgan fingerprint density at radius 1 is 1.29 bits per heavy atom. The van der Waals surface area contributed by atoms with Gasteiger partial charge in [-0.05, 0) is 42.1 Å². The minimum Gasteiger partial charge on any atom is -0.302 e. The van der Waals surface area contributed by atoms with E-state index in [1.807, 2.05) is 6.92 Å². The normalized spacial score (nSPS) is 13.2. The van der Waals surface area contributed by atoms with Crippen molar-refractivity contribution in [3.8, 4) is 0 Å². The number of hydrogen-bond acceptors (Lipinski definition) is 4. The largest absolute Gasteiger partial charge is 0.302 e. The van der Waals surface area contributed by atoms with Crippen LogP contribution < -0.4 is 5.32 Å². The molecule has 0 aliphatic rings. The van der Waals surface area contributed by atoms with Gasteiger partial charge in [0, 0.05) is 32.5 Å². The molecule has 2 nitrogen and oxygen atoms in total. The molecule has 2 rings (SSSR count). The van der Waals surface area contributed by atoms with Gasteiger partial charge >= 0.3 is 0 Å². The summed E-state index contributed by atoms with van der Waals surface area (Å²) in [4.78, 5) is 4.60. The molecule has 2 aromatic rings. The highest BCUT2D eigenvalue weighted by molar-refractivity contribution is 9.10. The second-order valence-electron chi connectivity index (χ2n) is 4.26. The van der Waals surface area contributed by atoms with E-state index in [2.05, 4.69) is 56.2 Å². The fourth-order valence-corrected chi connectivity index (χ4v) is 4.05. The van der Waals surface area contributed by atoms with Crippen molar-refractivity contribution in [2.75, 3.05) is 0 Å². The molecule has 0 aromatic carbocycles. The van der Waals surface area contributed by atoms with E-state index in [4.69, 9.17) is 0 Å². The number of rotatable bonds is 4. The Kier molecular flexibility index (Phi) is 4.36. The molecule has 1 atom stereocenters. The van der Waals surface area contributed by atoms with Gasteiger partial charge in [-0.3, -0.25) is 0 Å². The summed E-state index contributed by atoms with van der Waals surface area (Å²) in [5, 5.41) is 11.1. The lowest BCUT2D eigenvalue weighted by Gasteiger charge is -2.19.